The Morgan fingerprint density at radius 2 is 1.85 bits per heavy atom. The van der Waals surface area contributed by atoms with Gasteiger partial charge in [0, 0.05) is 11.6 Å². The summed E-state index contributed by atoms with van der Waals surface area (Å²) in [6.07, 6.45) is 0. The number of anilines is 1. The normalized spacial score (nSPS) is 13.1. The van der Waals surface area contributed by atoms with Gasteiger partial charge in [0.2, 0.25) is 0 Å². The van der Waals surface area contributed by atoms with Gasteiger partial charge in [0.25, 0.3) is 11.6 Å². The van der Waals surface area contributed by atoms with Crippen LogP contribution in [0.15, 0.2) is 48.5 Å². The SMILES string of the molecule is C[C@@H](C(=O)Nc1ccccc1[N+](=O)[O-])[NH+](C)Cc1ccc(OC(F)F)cc1. The lowest BCUT2D eigenvalue weighted by Crippen LogP contribution is -3.12. The predicted molar refractivity (Wildman–Crippen MR) is 94.9 cm³/mol. The van der Waals surface area contributed by atoms with E-state index in [9.17, 15) is 23.7 Å². The molecular weight excluding hydrogens is 360 g/mol. The molecule has 7 nitrogen and oxygen atoms in total. The average molecular weight is 380 g/mol. The van der Waals surface area contributed by atoms with Crippen molar-refractivity contribution in [3.05, 3.63) is 64.2 Å². The average Bonchev–Trinajstić information content (AvgIpc) is 2.62. The number of hydrogen-bond acceptors (Lipinski definition) is 4. The molecule has 0 spiro atoms. The molecule has 0 aliphatic carbocycles. The van der Waals surface area contributed by atoms with E-state index < -0.39 is 17.6 Å². The standard InChI is InChI=1S/C18H19F2N3O4/c1-12(17(24)21-15-5-3-4-6-16(15)23(25)26)22(2)11-13-7-9-14(10-8-13)27-18(19)20/h3-10,12,18H,11H2,1-2H3,(H,21,24)/p+1/t12-/m0/s1. The van der Waals surface area contributed by atoms with E-state index >= 15 is 0 Å². The molecule has 9 heteroatoms. The highest BCUT2D eigenvalue weighted by Gasteiger charge is 2.24. The molecule has 2 aromatic carbocycles. The maximum absolute atomic E-state index is 12.4. The molecule has 0 heterocycles. The highest BCUT2D eigenvalue weighted by molar-refractivity contribution is 5.95. The van der Waals surface area contributed by atoms with Gasteiger partial charge < -0.3 is 15.0 Å². The number of nitro benzene ring substituents is 1. The van der Waals surface area contributed by atoms with E-state index in [-0.39, 0.29) is 23.0 Å². The van der Waals surface area contributed by atoms with Crippen LogP contribution in [0.4, 0.5) is 20.2 Å². The van der Waals surface area contributed by atoms with Gasteiger partial charge in [-0.1, -0.05) is 12.1 Å². The van der Waals surface area contributed by atoms with E-state index in [1.807, 2.05) is 0 Å². The minimum absolute atomic E-state index is 0.0635. The zero-order chi connectivity index (χ0) is 20.0. The number of nitrogens with zero attached hydrogens (tertiary/aromatic N) is 1. The Balaban J connectivity index is 1.99. The van der Waals surface area contributed by atoms with E-state index in [0.717, 1.165) is 10.5 Å². The lowest BCUT2D eigenvalue weighted by atomic mass is 10.1. The summed E-state index contributed by atoms with van der Waals surface area (Å²) in [5, 5.41) is 13.6. The molecule has 0 aliphatic heterocycles. The summed E-state index contributed by atoms with van der Waals surface area (Å²) < 4.78 is 28.6. The second kappa shape index (κ2) is 9.04. The molecule has 27 heavy (non-hydrogen) atoms. The Hall–Kier alpha value is -3.07. The van der Waals surface area contributed by atoms with Crippen LogP contribution in [-0.4, -0.2) is 30.5 Å². The van der Waals surface area contributed by atoms with Crippen molar-refractivity contribution in [1.29, 1.82) is 0 Å². The summed E-state index contributed by atoms with van der Waals surface area (Å²) in [6, 6.07) is 11.6. The number of amides is 1. The first-order chi connectivity index (χ1) is 12.8. The fourth-order valence-corrected chi connectivity index (χ4v) is 2.47. The molecule has 2 N–H and O–H groups in total. The maximum Gasteiger partial charge on any atom is 0.387 e. The van der Waals surface area contributed by atoms with Crippen LogP contribution in [0.1, 0.15) is 12.5 Å². The predicted octanol–water partition coefficient (Wildman–Crippen LogP) is 2.24. The fourth-order valence-electron chi connectivity index (χ4n) is 2.47. The molecule has 0 aliphatic rings. The lowest BCUT2D eigenvalue weighted by molar-refractivity contribution is -0.907. The van der Waals surface area contributed by atoms with Crippen molar-refractivity contribution in [2.24, 2.45) is 0 Å². The number of benzene rings is 2. The largest absolute Gasteiger partial charge is 0.435 e. The van der Waals surface area contributed by atoms with Crippen molar-refractivity contribution in [2.45, 2.75) is 26.1 Å². The lowest BCUT2D eigenvalue weighted by Gasteiger charge is -2.21. The van der Waals surface area contributed by atoms with E-state index in [1.165, 1.54) is 30.3 Å². The van der Waals surface area contributed by atoms with Gasteiger partial charge in [0.1, 0.15) is 18.0 Å². The molecule has 144 valence electrons. The highest BCUT2D eigenvalue weighted by atomic mass is 19.3. The molecule has 2 aromatic rings. The Morgan fingerprint density at radius 3 is 2.44 bits per heavy atom. The molecule has 0 fully saturated rings. The number of hydrogen-bond donors (Lipinski definition) is 2. The van der Waals surface area contributed by atoms with Crippen molar-refractivity contribution in [3.63, 3.8) is 0 Å². The summed E-state index contributed by atoms with van der Waals surface area (Å²) in [7, 11) is 1.80. The van der Waals surface area contributed by atoms with Gasteiger partial charge in [0.05, 0.1) is 12.0 Å². The monoisotopic (exact) mass is 380 g/mol. The number of alkyl halides is 2. The van der Waals surface area contributed by atoms with Crippen molar-refractivity contribution in [3.8, 4) is 5.75 Å². The van der Waals surface area contributed by atoms with E-state index in [0.29, 0.717) is 6.54 Å². The second-order valence-corrected chi connectivity index (χ2v) is 6.03. The molecule has 1 unspecified atom stereocenters. The molecule has 0 bridgehead atoms. The number of nitro groups is 1. The number of rotatable bonds is 8. The van der Waals surface area contributed by atoms with Crippen LogP contribution >= 0.6 is 0 Å². The second-order valence-electron chi connectivity index (χ2n) is 6.03. The number of ether oxygens (including phenoxy) is 1. The van der Waals surface area contributed by atoms with Gasteiger partial charge in [0.15, 0.2) is 6.04 Å². The molecule has 1 amide bonds. The Labute approximate surface area is 154 Å². The number of halogens is 2. The van der Waals surface area contributed by atoms with E-state index in [4.69, 9.17) is 0 Å². The quantitative estimate of drug-likeness (QED) is 0.543. The maximum atomic E-state index is 12.4. The van der Waals surface area contributed by atoms with E-state index in [1.54, 1.807) is 32.2 Å². The van der Waals surface area contributed by atoms with Gasteiger partial charge >= 0.3 is 6.61 Å². The smallest absolute Gasteiger partial charge is 0.387 e. The van der Waals surface area contributed by atoms with Gasteiger partial charge in [-0.15, -0.1) is 0 Å². The third kappa shape index (κ3) is 5.71. The molecule has 0 saturated carbocycles. The van der Waals surface area contributed by atoms with Crippen LogP contribution in [0.25, 0.3) is 0 Å². The minimum Gasteiger partial charge on any atom is -0.435 e. The van der Waals surface area contributed by atoms with Crippen LogP contribution in [0, 0.1) is 10.1 Å². The first-order valence-electron chi connectivity index (χ1n) is 8.18. The van der Waals surface area contributed by atoms with Gasteiger partial charge in [-0.3, -0.25) is 14.9 Å². The third-order valence-electron chi connectivity index (χ3n) is 4.12. The minimum atomic E-state index is -2.88. The summed E-state index contributed by atoms with van der Waals surface area (Å²) in [6.45, 7) is -0.719. The molecule has 2 atom stereocenters. The molecule has 0 radical (unpaired) electrons. The number of likely N-dealkylation sites (N-methyl/N-ethyl adjacent to an activating group) is 1. The van der Waals surface area contributed by atoms with Crippen molar-refractivity contribution in [2.75, 3.05) is 12.4 Å². The van der Waals surface area contributed by atoms with E-state index in [2.05, 4.69) is 10.1 Å². The molecule has 0 saturated heterocycles. The first kappa shape index (κ1) is 20.2. The van der Waals surface area contributed by atoms with Crippen molar-refractivity contribution < 1.29 is 28.1 Å². The summed E-state index contributed by atoms with van der Waals surface area (Å²) >= 11 is 0. The topological polar surface area (TPSA) is 85.9 Å². The number of nitrogens with one attached hydrogen (secondary N) is 2. The third-order valence-corrected chi connectivity index (χ3v) is 4.12. The van der Waals surface area contributed by atoms with Gasteiger partial charge in [-0.25, -0.2) is 0 Å². The first-order valence-corrected chi connectivity index (χ1v) is 8.18. The zero-order valence-corrected chi connectivity index (χ0v) is 14.8. The van der Waals surface area contributed by atoms with Crippen molar-refractivity contribution >= 4 is 17.3 Å². The Bertz CT molecular complexity index is 799. The zero-order valence-electron chi connectivity index (χ0n) is 14.8. The summed E-state index contributed by atoms with van der Waals surface area (Å²) in [5.74, 6) is -0.298. The fraction of sp³-hybridized carbons (Fsp3) is 0.278. The molecule has 2 rings (SSSR count). The highest BCUT2D eigenvalue weighted by Crippen LogP contribution is 2.23. The van der Waals surface area contributed by atoms with Crippen LogP contribution in [0.2, 0.25) is 0 Å². The number of quaternary nitrogens is 1. The van der Waals surface area contributed by atoms with Crippen LogP contribution in [0.5, 0.6) is 5.75 Å². The summed E-state index contributed by atoms with van der Waals surface area (Å²) in [5.41, 5.74) is 0.797. The summed E-state index contributed by atoms with van der Waals surface area (Å²) in [4.78, 5) is 23.7. The molecular formula is C18H20F2N3O4+. The number of carbonyl (C=O) groups is 1. The van der Waals surface area contributed by atoms with Gasteiger partial charge in [-0.05, 0) is 37.3 Å². The van der Waals surface area contributed by atoms with Crippen LogP contribution < -0.4 is 15.0 Å². The van der Waals surface area contributed by atoms with Crippen LogP contribution in [-0.2, 0) is 11.3 Å². The van der Waals surface area contributed by atoms with Crippen LogP contribution in [0.3, 0.4) is 0 Å². The van der Waals surface area contributed by atoms with Crippen molar-refractivity contribution in [1.82, 2.24) is 0 Å². The Morgan fingerprint density at radius 1 is 1.22 bits per heavy atom. The number of para-hydroxylation sites is 2. The van der Waals surface area contributed by atoms with Gasteiger partial charge in [-0.2, -0.15) is 8.78 Å². The molecule has 0 aromatic heterocycles. The Kier molecular flexibility index (Phi) is 6.78. The number of carbonyl (C=O) groups excluding carboxylic acids is 1.